The van der Waals surface area contributed by atoms with Crippen molar-refractivity contribution in [1.82, 2.24) is 10.2 Å². The number of carbonyl (C=O) groups is 2. The second-order valence-electron chi connectivity index (χ2n) is 7.70. The molecule has 2 amide bonds. The van der Waals surface area contributed by atoms with Gasteiger partial charge in [-0.2, -0.15) is 0 Å². The van der Waals surface area contributed by atoms with Gasteiger partial charge in [0.05, 0.1) is 15.8 Å². The number of hydrogen-bond acceptors (Lipinski definition) is 3. The van der Waals surface area contributed by atoms with Gasteiger partial charge in [-0.15, -0.1) is 11.8 Å². The molecule has 0 spiro atoms. The Labute approximate surface area is 207 Å². The molecule has 1 N–H and O–H groups in total. The summed E-state index contributed by atoms with van der Waals surface area (Å²) in [6, 6.07) is 12.7. The van der Waals surface area contributed by atoms with Gasteiger partial charge in [-0.05, 0) is 48.2 Å². The molecule has 0 fully saturated rings. The molecule has 31 heavy (non-hydrogen) atoms. The molecule has 1 atom stereocenters. The first-order valence-electron chi connectivity index (χ1n) is 10.0. The topological polar surface area (TPSA) is 49.4 Å². The average molecular weight is 546 g/mol. The van der Waals surface area contributed by atoms with Crippen molar-refractivity contribution in [2.24, 2.45) is 5.92 Å². The van der Waals surface area contributed by atoms with Crippen LogP contribution in [0.5, 0.6) is 0 Å². The highest BCUT2D eigenvalue weighted by molar-refractivity contribution is 9.10. The summed E-state index contributed by atoms with van der Waals surface area (Å²) in [5, 5.41) is 3.80. The summed E-state index contributed by atoms with van der Waals surface area (Å²) in [5.74, 6) is 1.06. The molecule has 0 aromatic heterocycles. The van der Waals surface area contributed by atoms with E-state index >= 15 is 0 Å². The summed E-state index contributed by atoms with van der Waals surface area (Å²) >= 11 is 17.1. The van der Waals surface area contributed by atoms with Gasteiger partial charge < -0.3 is 10.2 Å². The zero-order valence-corrected chi connectivity index (χ0v) is 21.7. The van der Waals surface area contributed by atoms with E-state index < -0.39 is 6.04 Å². The molecule has 8 heteroatoms. The average Bonchev–Trinajstić information content (AvgIpc) is 2.73. The van der Waals surface area contributed by atoms with Crippen LogP contribution in [0.4, 0.5) is 0 Å². The molecule has 2 aromatic rings. The van der Waals surface area contributed by atoms with Crippen LogP contribution in [0.15, 0.2) is 46.9 Å². The first-order valence-corrected chi connectivity index (χ1v) is 12.7. The Kier molecular flexibility index (Phi) is 10.7. The monoisotopic (exact) mass is 544 g/mol. The zero-order chi connectivity index (χ0) is 23.0. The molecule has 168 valence electrons. The molecule has 0 aliphatic carbocycles. The van der Waals surface area contributed by atoms with E-state index in [4.69, 9.17) is 23.2 Å². The first kappa shape index (κ1) is 26.0. The third-order valence-corrected chi connectivity index (χ3v) is 6.85. The Morgan fingerprint density at radius 3 is 2.29 bits per heavy atom. The maximum atomic E-state index is 13.1. The van der Waals surface area contributed by atoms with Gasteiger partial charge >= 0.3 is 0 Å². The van der Waals surface area contributed by atoms with Crippen molar-refractivity contribution in [3.63, 3.8) is 0 Å². The predicted molar refractivity (Wildman–Crippen MR) is 135 cm³/mol. The number of hydrogen-bond donors (Lipinski definition) is 1. The Bertz CT molecular complexity index is 894. The van der Waals surface area contributed by atoms with Gasteiger partial charge in [0.25, 0.3) is 0 Å². The normalized spacial score (nSPS) is 12.0. The maximum absolute atomic E-state index is 13.1. The maximum Gasteiger partial charge on any atom is 0.242 e. The number of amides is 2. The Balaban J connectivity index is 2.08. The van der Waals surface area contributed by atoms with Crippen LogP contribution >= 0.6 is 50.9 Å². The number of halogens is 3. The Hall–Kier alpha value is -1.21. The van der Waals surface area contributed by atoms with Gasteiger partial charge in [0.1, 0.15) is 6.04 Å². The molecule has 2 aromatic carbocycles. The summed E-state index contributed by atoms with van der Waals surface area (Å²) in [5.41, 5.74) is 1.96. The smallest absolute Gasteiger partial charge is 0.242 e. The highest BCUT2D eigenvalue weighted by Gasteiger charge is 2.26. The van der Waals surface area contributed by atoms with Crippen LogP contribution in [0.2, 0.25) is 10.0 Å². The molecule has 0 saturated carbocycles. The van der Waals surface area contributed by atoms with E-state index in [9.17, 15) is 9.59 Å². The lowest BCUT2D eigenvalue weighted by Crippen LogP contribution is -2.48. The molecule has 0 saturated heterocycles. The molecule has 0 bridgehead atoms. The second kappa shape index (κ2) is 12.7. The van der Waals surface area contributed by atoms with E-state index in [0.29, 0.717) is 28.3 Å². The third kappa shape index (κ3) is 8.68. The van der Waals surface area contributed by atoms with Gasteiger partial charge in [-0.3, -0.25) is 9.59 Å². The van der Waals surface area contributed by atoms with Crippen molar-refractivity contribution in [3.05, 3.63) is 68.1 Å². The van der Waals surface area contributed by atoms with Crippen molar-refractivity contribution in [2.45, 2.75) is 39.1 Å². The van der Waals surface area contributed by atoms with Gasteiger partial charge in [-0.1, -0.05) is 71.2 Å². The summed E-state index contributed by atoms with van der Waals surface area (Å²) in [4.78, 5) is 27.4. The molecule has 0 aliphatic heterocycles. The highest BCUT2D eigenvalue weighted by Crippen LogP contribution is 2.24. The Morgan fingerprint density at radius 2 is 1.68 bits per heavy atom. The summed E-state index contributed by atoms with van der Waals surface area (Å²) in [6.45, 7) is 6.66. The standard InChI is InChI=1S/C23H27BrCl2N2O2S/c1-15(2)11-27-23(30)16(3)28(12-18-6-9-20(25)21(26)10-18)22(29)14-31-13-17-4-7-19(24)8-5-17/h4-10,15-16H,11-14H2,1-3H3,(H,27,30). The van der Waals surface area contributed by atoms with E-state index in [-0.39, 0.29) is 24.1 Å². The largest absolute Gasteiger partial charge is 0.354 e. The van der Waals surface area contributed by atoms with Gasteiger partial charge in [0.15, 0.2) is 0 Å². The van der Waals surface area contributed by atoms with Gasteiger partial charge in [-0.25, -0.2) is 0 Å². The quantitative estimate of drug-likeness (QED) is 0.388. The van der Waals surface area contributed by atoms with Crippen molar-refractivity contribution in [1.29, 1.82) is 0 Å². The molecule has 0 heterocycles. The van der Waals surface area contributed by atoms with Crippen LogP contribution in [0.25, 0.3) is 0 Å². The molecule has 1 unspecified atom stereocenters. The first-order chi connectivity index (χ1) is 14.7. The molecule has 2 rings (SSSR count). The zero-order valence-electron chi connectivity index (χ0n) is 17.8. The van der Waals surface area contributed by atoms with E-state index in [0.717, 1.165) is 15.6 Å². The molecule has 4 nitrogen and oxygen atoms in total. The molecule has 0 aliphatic rings. The van der Waals surface area contributed by atoms with Crippen LogP contribution in [0.3, 0.4) is 0 Å². The molecule has 0 radical (unpaired) electrons. The van der Waals surface area contributed by atoms with Crippen LogP contribution in [-0.2, 0) is 21.9 Å². The van der Waals surface area contributed by atoms with Gasteiger partial charge in [0.2, 0.25) is 11.8 Å². The summed E-state index contributed by atoms with van der Waals surface area (Å²) in [7, 11) is 0. The fraction of sp³-hybridized carbons (Fsp3) is 0.391. The van der Waals surface area contributed by atoms with Crippen molar-refractivity contribution in [3.8, 4) is 0 Å². The van der Waals surface area contributed by atoms with Crippen molar-refractivity contribution in [2.75, 3.05) is 12.3 Å². The lowest BCUT2D eigenvalue weighted by Gasteiger charge is -2.29. The van der Waals surface area contributed by atoms with Crippen LogP contribution in [0.1, 0.15) is 31.9 Å². The van der Waals surface area contributed by atoms with Crippen molar-refractivity contribution >= 4 is 62.7 Å². The summed E-state index contributed by atoms with van der Waals surface area (Å²) < 4.78 is 1.02. The van der Waals surface area contributed by atoms with Crippen LogP contribution < -0.4 is 5.32 Å². The van der Waals surface area contributed by atoms with Crippen LogP contribution in [-0.4, -0.2) is 35.1 Å². The number of nitrogens with zero attached hydrogens (tertiary/aromatic N) is 1. The van der Waals surface area contributed by atoms with E-state index in [1.807, 2.05) is 44.2 Å². The van der Waals surface area contributed by atoms with E-state index in [1.165, 1.54) is 11.8 Å². The van der Waals surface area contributed by atoms with E-state index in [1.54, 1.807) is 24.0 Å². The van der Waals surface area contributed by atoms with E-state index in [2.05, 4.69) is 21.2 Å². The number of nitrogens with one attached hydrogen (secondary N) is 1. The Morgan fingerprint density at radius 1 is 1.03 bits per heavy atom. The fourth-order valence-electron chi connectivity index (χ4n) is 2.79. The number of carbonyl (C=O) groups excluding carboxylic acids is 2. The fourth-order valence-corrected chi connectivity index (χ4v) is 4.25. The van der Waals surface area contributed by atoms with Crippen LogP contribution in [0, 0.1) is 5.92 Å². The summed E-state index contributed by atoms with van der Waals surface area (Å²) in [6.07, 6.45) is 0. The molecular formula is C23H27BrCl2N2O2S. The predicted octanol–water partition coefficient (Wildman–Crippen LogP) is 6.18. The lowest BCUT2D eigenvalue weighted by molar-refractivity contribution is -0.138. The lowest BCUT2D eigenvalue weighted by atomic mass is 10.1. The second-order valence-corrected chi connectivity index (χ2v) is 10.4. The highest BCUT2D eigenvalue weighted by atomic mass is 79.9. The SMILES string of the molecule is CC(C)CNC(=O)C(C)N(Cc1ccc(Cl)c(Cl)c1)C(=O)CSCc1ccc(Br)cc1. The van der Waals surface area contributed by atoms with Gasteiger partial charge in [0, 0.05) is 23.3 Å². The number of benzene rings is 2. The third-order valence-electron chi connectivity index (χ3n) is 4.60. The van der Waals surface area contributed by atoms with Crippen molar-refractivity contribution < 1.29 is 9.59 Å². The minimum Gasteiger partial charge on any atom is -0.354 e. The minimum absolute atomic E-state index is 0.0969. The minimum atomic E-state index is -0.603. The number of rotatable bonds is 10. The molecular weight excluding hydrogens is 519 g/mol. The number of thioether (sulfide) groups is 1.